The summed E-state index contributed by atoms with van der Waals surface area (Å²) in [6.45, 7) is 4.90. The van der Waals surface area contributed by atoms with Crippen LogP contribution in [0.25, 0.3) is 0 Å². The minimum atomic E-state index is -0.855. The third-order valence-electron chi connectivity index (χ3n) is 13.7. The van der Waals surface area contributed by atoms with Gasteiger partial charge in [-0.15, -0.1) is 0 Å². The number of aliphatic hydroxyl groups is 2. The molecule has 1 amide bonds. The SMILES string of the molecule is CCCCCCCCCCCCCCCCCC/C=C/C(O)C(CO)NC(=O)CCCCCCC/C=C\CCCCCCCCCOC(=O)CCCCCCCCCCCCCCCCC. The number of esters is 1. The lowest BCUT2D eigenvalue weighted by Crippen LogP contribution is -2.45. The van der Waals surface area contributed by atoms with E-state index < -0.39 is 12.1 Å². The predicted molar refractivity (Wildman–Crippen MR) is 287 cm³/mol. The number of unbranched alkanes of at least 4 members (excludes halogenated alkanes) is 42. The summed E-state index contributed by atoms with van der Waals surface area (Å²) < 4.78 is 5.47. The zero-order valence-electron chi connectivity index (χ0n) is 44.4. The maximum Gasteiger partial charge on any atom is 0.305 e. The van der Waals surface area contributed by atoms with Crippen molar-refractivity contribution in [2.24, 2.45) is 0 Å². The van der Waals surface area contributed by atoms with E-state index >= 15 is 0 Å². The zero-order valence-corrected chi connectivity index (χ0v) is 44.4. The van der Waals surface area contributed by atoms with Crippen LogP contribution in [0.2, 0.25) is 0 Å². The lowest BCUT2D eigenvalue weighted by molar-refractivity contribution is -0.143. The molecule has 0 saturated carbocycles. The summed E-state index contributed by atoms with van der Waals surface area (Å²) in [5.74, 6) is -0.0835. The molecule has 0 aromatic carbocycles. The summed E-state index contributed by atoms with van der Waals surface area (Å²) in [4.78, 5) is 24.5. The molecule has 0 aromatic rings. The molecule has 0 saturated heterocycles. The van der Waals surface area contributed by atoms with Crippen molar-refractivity contribution in [2.45, 2.75) is 334 Å². The van der Waals surface area contributed by atoms with Gasteiger partial charge >= 0.3 is 5.97 Å². The first kappa shape index (κ1) is 64.3. The Morgan fingerprint density at radius 2 is 0.712 bits per heavy atom. The Kier molecular flexibility index (Phi) is 54.5. The van der Waals surface area contributed by atoms with Crippen molar-refractivity contribution >= 4 is 11.9 Å². The van der Waals surface area contributed by atoms with E-state index in [2.05, 4.69) is 31.3 Å². The summed E-state index contributed by atoms with van der Waals surface area (Å²) in [7, 11) is 0. The van der Waals surface area contributed by atoms with E-state index in [0.717, 1.165) is 64.2 Å². The van der Waals surface area contributed by atoms with Crippen LogP contribution in [0.15, 0.2) is 24.3 Å². The van der Waals surface area contributed by atoms with Crippen LogP contribution in [0.3, 0.4) is 0 Å². The number of carbonyl (C=O) groups excluding carboxylic acids is 2. The molecule has 0 bridgehead atoms. The highest BCUT2D eigenvalue weighted by molar-refractivity contribution is 5.76. The molecule has 390 valence electrons. The molecule has 0 heterocycles. The fourth-order valence-corrected chi connectivity index (χ4v) is 9.16. The third kappa shape index (κ3) is 51.7. The van der Waals surface area contributed by atoms with E-state index in [1.165, 1.54) is 231 Å². The van der Waals surface area contributed by atoms with Gasteiger partial charge in [0, 0.05) is 12.8 Å². The van der Waals surface area contributed by atoms with Crippen molar-refractivity contribution in [2.75, 3.05) is 13.2 Å². The highest BCUT2D eigenvalue weighted by Crippen LogP contribution is 2.17. The number of aliphatic hydroxyl groups excluding tert-OH is 2. The number of hydrogen-bond acceptors (Lipinski definition) is 5. The summed E-state index contributed by atoms with van der Waals surface area (Å²) in [6, 6.07) is -0.640. The number of carbonyl (C=O) groups is 2. The smallest absolute Gasteiger partial charge is 0.305 e. The van der Waals surface area contributed by atoms with Gasteiger partial charge in [-0.05, 0) is 57.8 Å². The predicted octanol–water partition coefficient (Wildman–Crippen LogP) is 18.2. The van der Waals surface area contributed by atoms with E-state index in [9.17, 15) is 19.8 Å². The molecule has 0 rings (SSSR count). The van der Waals surface area contributed by atoms with Gasteiger partial charge in [-0.2, -0.15) is 0 Å². The topological polar surface area (TPSA) is 95.9 Å². The van der Waals surface area contributed by atoms with Crippen molar-refractivity contribution in [1.82, 2.24) is 5.32 Å². The molecule has 66 heavy (non-hydrogen) atoms. The summed E-state index contributed by atoms with van der Waals surface area (Å²) in [5, 5.41) is 23.1. The van der Waals surface area contributed by atoms with Crippen molar-refractivity contribution in [1.29, 1.82) is 0 Å². The maximum atomic E-state index is 12.5. The minimum Gasteiger partial charge on any atom is -0.466 e. The van der Waals surface area contributed by atoms with E-state index in [1.54, 1.807) is 6.08 Å². The van der Waals surface area contributed by atoms with Gasteiger partial charge in [-0.3, -0.25) is 9.59 Å². The second-order valence-corrected chi connectivity index (χ2v) is 20.3. The number of amides is 1. The average Bonchev–Trinajstić information content (AvgIpc) is 3.32. The van der Waals surface area contributed by atoms with Crippen molar-refractivity contribution in [3.8, 4) is 0 Å². The van der Waals surface area contributed by atoms with E-state index in [-0.39, 0.29) is 18.5 Å². The quantitative estimate of drug-likeness (QED) is 0.0321. The number of rotatable bonds is 55. The van der Waals surface area contributed by atoms with Gasteiger partial charge < -0.3 is 20.3 Å². The average molecular weight is 931 g/mol. The van der Waals surface area contributed by atoms with Gasteiger partial charge in [0.25, 0.3) is 0 Å². The van der Waals surface area contributed by atoms with E-state index in [4.69, 9.17) is 4.74 Å². The number of ether oxygens (including phenoxy) is 1. The highest BCUT2D eigenvalue weighted by atomic mass is 16.5. The molecule has 0 aliphatic carbocycles. The lowest BCUT2D eigenvalue weighted by atomic mass is 10.0. The van der Waals surface area contributed by atoms with Gasteiger partial charge in [0.1, 0.15) is 0 Å². The molecule has 6 heteroatoms. The molecule has 0 aromatic heterocycles. The molecule has 3 N–H and O–H groups in total. The Hall–Kier alpha value is -1.66. The van der Waals surface area contributed by atoms with Crippen LogP contribution in [0.5, 0.6) is 0 Å². The Morgan fingerprint density at radius 3 is 1.08 bits per heavy atom. The summed E-state index contributed by atoms with van der Waals surface area (Å²) in [6.07, 6.45) is 67.7. The Labute approximate surface area is 411 Å². The Bertz CT molecular complexity index is 1030. The fraction of sp³-hybridized carbons (Fsp3) is 0.900. The first-order valence-electron chi connectivity index (χ1n) is 29.6. The van der Waals surface area contributed by atoms with E-state index in [0.29, 0.717) is 19.4 Å². The minimum absolute atomic E-state index is 0.000649. The second kappa shape index (κ2) is 55.9. The van der Waals surface area contributed by atoms with Gasteiger partial charge in [-0.1, -0.05) is 276 Å². The molecule has 0 spiro atoms. The van der Waals surface area contributed by atoms with Crippen LogP contribution >= 0.6 is 0 Å². The highest BCUT2D eigenvalue weighted by Gasteiger charge is 2.18. The molecule has 2 unspecified atom stereocenters. The van der Waals surface area contributed by atoms with Gasteiger partial charge in [0.05, 0.1) is 25.4 Å². The van der Waals surface area contributed by atoms with Crippen LogP contribution in [0.1, 0.15) is 322 Å². The number of allylic oxidation sites excluding steroid dienone is 3. The molecule has 0 aliphatic rings. The molecule has 0 aliphatic heterocycles. The van der Waals surface area contributed by atoms with Crippen LogP contribution < -0.4 is 5.32 Å². The van der Waals surface area contributed by atoms with E-state index in [1.807, 2.05) is 6.08 Å². The Balaban J connectivity index is 3.48. The first-order chi connectivity index (χ1) is 32.5. The lowest BCUT2D eigenvalue weighted by Gasteiger charge is -2.20. The third-order valence-corrected chi connectivity index (χ3v) is 13.7. The fourth-order valence-electron chi connectivity index (χ4n) is 9.16. The molecule has 0 radical (unpaired) electrons. The molecular weight excluding hydrogens is 815 g/mol. The van der Waals surface area contributed by atoms with Crippen LogP contribution in [0.4, 0.5) is 0 Å². The standard InChI is InChI=1S/C60H115NO5/c1-3-5-7-9-11-13-15-17-19-20-21-25-28-32-36-40-44-48-52-58(63)57(56-62)61-59(64)53-49-45-41-37-33-29-26-22-23-27-31-35-39-43-47-51-55-66-60(65)54-50-46-42-38-34-30-24-18-16-14-12-10-8-6-4-2/h22,26,48,52,57-58,62-63H,3-21,23-25,27-47,49-51,53-56H2,1-2H3,(H,61,64)/b26-22-,52-48+. The van der Waals surface area contributed by atoms with Crippen molar-refractivity contribution in [3.05, 3.63) is 24.3 Å². The van der Waals surface area contributed by atoms with Gasteiger partial charge in [0.2, 0.25) is 5.91 Å². The largest absolute Gasteiger partial charge is 0.466 e. The van der Waals surface area contributed by atoms with Crippen LogP contribution in [-0.2, 0) is 14.3 Å². The van der Waals surface area contributed by atoms with Gasteiger partial charge in [-0.25, -0.2) is 0 Å². The van der Waals surface area contributed by atoms with Crippen LogP contribution in [0, 0.1) is 0 Å². The number of nitrogens with one attached hydrogen (secondary N) is 1. The monoisotopic (exact) mass is 930 g/mol. The van der Waals surface area contributed by atoms with Crippen molar-refractivity contribution < 1.29 is 24.5 Å². The first-order valence-corrected chi connectivity index (χ1v) is 29.6. The maximum absolute atomic E-state index is 12.5. The van der Waals surface area contributed by atoms with Crippen molar-refractivity contribution in [3.63, 3.8) is 0 Å². The molecule has 2 atom stereocenters. The summed E-state index contributed by atoms with van der Waals surface area (Å²) in [5.41, 5.74) is 0. The normalized spacial score (nSPS) is 12.7. The summed E-state index contributed by atoms with van der Waals surface area (Å²) >= 11 is 0. The van der Waals surface area contributed by atoms with Crippen LogP contribution in [-0.4, -0.2) is 47.4 Å². The van der Waals surface area contributed by atoms with Gasteiger partial charge in [0.15, 0.2) is 0 Å². The zero-order chi connectivity index (χ0) is 47.9. The molecule has 0 fully saturated rings. The molecular formula is C60H115NO5. The Morgan fingerprint density at radius 1 is 0.409 bits per heavy atom. The second-order valence-electron chi connectivity index (χ2n) is 20.3. The number of hydrogen-bond donors (Lipinski definition) is 3. The molecule has 6 nitrogen and oxygen atoms in total.